The van der Waals surface area contributed by atoms with E-state index in [1.54, 1.807) is 31.2 Å². The molecule has 0 atom stereocenters. The van der Waals surface area contributed by atoms with Gasteiger partial charge in [-0.05, 0) is 68.8 Å². The Labute approximate surface area is 170 Å². The van der Waals surface area contributed by atoms with Crippen molar-refractivity contribution in [1.82, 2.24) is 4.72 Å². The Morgan fingerprint density at radius 3 is 2.24 bits per heavy atom. The van der Waals surface area contributed by atoms with Crippen LogP contribution in [0.3, 0.4) is 0 Å². The van der Waals surface area contributed by atoms with Crippen molar-refractivity contribution in [3.63, 3.8) is 0 Å². The van der Waals surface area contributed by atoms with Gasteiger partial charge in [-0.2, -0.15) is 0 Å². The highest BCUT2D eigenvalue weighted by Crippen LogP contribution is 2.20. The molecule has 0 saturated carbocycles. The third kappa shape index (κ3) is 6.58. The first kappa shape index (κ1) is 22.4. The summed E-state index contributed by atoms with van der Waals surface area (Å²) in [5.41, 5.74) is 2.82. The predicted octanol–water partition coefficient (Wildman–Crippen LogP) is 2.08. The molecule has 156 valence electrons. The Morgan fingerprint density at radius 2 is 1.62 bits per heavy atom. The standard InChI is InChI=1S/C20H24N2O6S/c1-13-7-14(2)9-17(8-13)27-12-20(24)28-11-19(23)22-16-6-5-15(3)18(10-16)29(25,26)21-4/h5-10,21H,11-12H2,1-4H3,(H,22,23). The average molecular weight is 420 g/mol. The molecule has 29 heavy (non-hydrogen) atoms. The van der Waals surface area contributed by atoms with E-state index in [0.29, 0.717) is 11.3 Å². The maximum atomic E-state index is 12.0. The van der Waals surface area contributed by atoms with Crippen molar-refractivity contribution in [2.75, 3.05) is 25.6 Å². The summed E-state index contributed by atoms with van der Waals surface area (Å²) < 4.78 is 36.5. The number of nitrogens with one attached hydrogen (secondary N) is 2. The highest BCUT2D eigenvalue weighted by atomic mass is 32.2. The van der Waals surface area contributed by atoms with Gasteiger partial charge in [-0.15, -0.1) is 0 Å². The molecule has 2 aromatic carbocycles. The summed E-state index contributed by atoms with van der Waals surface area (Å²) in [7, 11) is -2.35. The molecule has 0 aromatic heterocycles. The van der Waals surface area contributed by atoms with Gasteiger partial charge < -0.3 is 14.8 Å². The number of hydrogen-bond donors (Lipinski definition) is 2. The van der Waals surface area contributed by atoms with Gasteiger partial charge in [-0.3, -0.25) is 4.79 Å². The molecule has 0 aliphatic heterocycles. The first-order valence-electron chi connectivity index (χ1n) is 8.81. The largest absolute Gasteiger partial charge is 0.482 e. The van der Waals surface area contributed by atoms with Crippen molar-refractivity contribution >= 4 is 27.6 Å². The van der Waals surface area contributed by atoms with Crippen LogP contribution in [0.2, 0.25) is 0 Å². The smallest absolute Gasteiger partial charge is 0.344 e. The summed E-state index contributed by atoms with van der Waals surface area (Å²) in [6.45, 7) is 4.64. The molecular weight excluding hydrogens is 396 g/mol. The van der Waals surface area contributed by atoms with Crippen LogP contribution in [0.15, 0.2) is 41.3 Å². The molecule has 0 heterocycles. The lowest BCUT2D eigenvalue weighted by Crippen LogP contribution is -2.24. The SMILES string of the molecule is CNS(=O)(=O)c1cc(NC(=O)COC(=O)COc2cc(C)cc(C)c2)ccc1C. The summed E-state index contributed by atoms with van der Waals surface area (Å²) in [6, 6.07) is 10.0. The lowest BCUT2D eigenvalue weighted by Gasteiger charge is -2.11. The van der Waals surface area contributed by atoms with Crippen molar-refractivity contribution in [1.29, 1.82) is 0 Å². The van der Waals surface area contributed by atoms with Crippen LogP contribution in [0.1, 0.15) is 16.7 Å². The molecule has 0 aliphatic carbocycles. The lowest BCUT2D eigenvalue weighted by atomic mass is 10.1. The maximum absolute atomic E-state index is 12.0. The summed E-state index contributed by atoms with van der Waals surface area (Å²) in [6.07, 6.45) is 0. The van der Waals surface area contributed by atoms with Crippen molar-refractivity contribution < 1.29 is 27.5 Å². The van der Waals surface area contributed by atoms with Crippen LogP contribution >= 0.6 is 0 Å². The molecule has 0 radical (unpaired) electrons. The van der Waals surface area contributed by atoms with Gasteiger partial charge in [0.25, 0.3) is 5.91 Å². The second kappa shape index (κ2) is 9.53. The minimum absolute atomic E-state index is 0.0524. The third-order valence-electron chi connectivity index (χ3n) is 3.95. The van der Waals surface area contributed by atoms with Crippen LogP contribution in [-0.4, -0.2) is 40.6 Å². The third-order valence-corrected chi connectivity index (χ3v) is 5.50. The normalized spacial score (nSPS) is 11.0. The van der Waals surface area contributed by atoms with E-state index in [1.807, 2.05) is 19.9 Å². The Morgan fingerprint density at radius 1 is 0.966 bits per heavy atom. The molecule has 0 aliphatic rings. The minimum Gasteiger partial charge on any atom is -0.482 e. The second-order valence-electron chi connectivity index (χ2n) is 6.51. The van der Waals surface area contributed by atoms with Crippen molar-refractivity contribution in [3.8, 4) is 5.75 Å². The Balaban J connectivity index is 1.88. The number of ether oxygens (including phenoxy) is 2. The Bertz CT molecular complexity index is 997. The fraction of sp³-hybridized carbons (Fsp3) is 0.300. The van der Waals surface area contributed by atoms with Crippen LogP contribution < -0.4 is 14.8 Å². The number of carbonyl (C=O) groups excluding carboxylic acids is 2. The molecule has 0 bridgehead atoms. The van der Waals surface area contributed by atoms with Gasteiger partial charge in [-0.25, -0.2) is 17.9 Å². The van der Waals surface area contributed by atoms with Gasteiger partial charge in [0.1, 0.15) is 5.75 Å². The number of benzene rings is 2. The summed E-state index contributed by atoms with van der Waals surface area (Å²) in [5, 5.41) is 2.50. The number of amides is 1. The minimum atomic E-state index is -3.66. The number of anilines is 1. The predicted molar refractivity (Wildman–Crippen MR) is 108 cm³/mol. The van der Waals surface area contributed by atoms with E-state index in [4.69, 9.17) is 9.47 Å². The van der Waals surface area contributed by atoms with E-state index in [-0.39, 0.29) is 17.2 Å². The van der Waals surface area contributed by atoms with E-state index >= 15 is 0 Å². The topological polar surface area (TPSA) is 111 Å². The van der Waals surface area contributed by atoms with Crippen molar-refractivity contribution in [3.05, 3.63) is 53.1 Å². The number of aryl methyl sites for hydroxylation is 3. The van der Waals surface area contributed by atoms with Crippen LogP contribution in [0.25, 0.3) is 0 Å². The molecule has 2 N–H and O–H groups in total. The van der Waals surface area contributed by atoms with E-state index in [9.17, 15) is 18.0 Å². The first-order valence-corrected chi connectivity index (χ1v) is 10.3. The van der Waals surface area contributed by atoms with Crippen LogP contribution in [-0.2, 0) is 24.3 Å². The van der Waals surface area contributed by atoms with Gasteiger partial charge in [0, 0.05) is 5.69 Å². The van der Waals surface area contributed by atoms with Gasteiger partial charge in [0.2, 0.25) is 10.0 Å². The highest BCUT2D eigenvalue weighted by Gasteiger charge is 2.16. The van der Waals surface area contributed by atoms with E-state index < -0.39 is 28.5 Å². The maximum Gasteiger partial charge on any atom is 0.344 e. The molecule has 9 heteroatoms. The number of rotatable bonds is 8. The van der Waals surface area contributed by atoms with Gasteiger partial charge >= 0.3 is 5.97 Å². The summed E-state index contributed by atoms with van der Waals surface area (Å²) >= 11 is 0. The van der Waals surface area contributed by atoms with E-state index in [1.165, 1.54) is 13.1 Å². The zero-order valence-corrected chi connectivity index (χ0v) is 17.6. The Kier molecular flexibility index (Phi) is 7.35. The van der Waals surface area contributed by atoms with Crippen LogP contribution in [0.4, 0.5) is 5.69 Å². The molecular formula is C20H24N2O6S. The van der Waals surface area contributed by atoms with Crippen LogP contribution in [0.5, 0.6) is 5.75 Å². The van der Waals surface area contributed by atoms with Crippen LogP contribution in [0, 0.1) is 20.8 Å². The molecule has 0 fully saturated rings. The summed E-state index contributed by atoms with van der Waals surface area (Å²) in [5.74, 6) is -0.745. The second-order valence-corrected chi connectivity index (χ2v) is 8.36. The van der Waals surface area contributed by atoms with Gasteiger partial charge in [0.05, 0.1) is 4.90 Å². The van der Waals surface area contributed by atoms with Crippen molar-refractivity contribution in [2.24, 2.45) is 0 Å². The molecule has 1 amide bonds. The average Bonchev–Trinajstić information content (AvgIpc) is 2.65. The number of sulfonamides is 1. The monoisotopic (exact) mass is 420 g/mol. The molecule has 0 spiro atoms. The van der Waals surface area contributed by atoms with Crippen molar-refractivity contribution in [2.45, 2.75) is 25.7 Å². The number of carbonyl (C=O) groups is 2. The van der Waals surface area contributed by atoms with Gasteiger partial charge in [-0.1, -0.05) is 12.1 Å². The summed E-state index contributed by atoms with van der Waals surface area (Å²) in [4.78, 5) is 23.9. The zero-order chi connectivity index (χ0) is 21.6. The lowest BCUT2D eigenvalue weighted by molar-refractivity contribution is -0.149. The molecule has 0 unspecified atom stereocenters. The molecule has 0 saturated heterocycles. The quantitative estimate of drug-likeness (QED) is 0.633. The zero-order valence-electron chi connectivity index (χ0n) is 16.7. The van der Waals surface area contributed by atoms with E-state index in [2.05, 4.69) is 10.0 Å². The number of hydrogen-bond acceptors (Lipinski definition) is 6. The van der Waals surface area contributed by atoms with Gasteiger partial charge in [0.15, 0.2) is 13.2 Å². The molecule has 2 rings (SSSR count). The number of esters is 1. The molecule has 8 nitrogen and oxygen atoms in total. The Hall–Kier alpha value is -2.91. The fourth-order valence-electron chi connectivity index (χ4n) is 2.62. The first-order chi connectivity index (χ1) is 13.6. The molecule has 2 aromatic rings. The fourth-order valence-corrected chi connectivity index (χ4v) is 3.61. The highest BCUT2D eigenvalue weighted by molar-refractivity contribution is 7.89. The van der Waals surface area contributed by atoms with E-state index in [0.717, 1.165) is 11.1 Å².